The lowest BCUT2D eigenvalue weighted by Crippen LogP contribution is -2.40. The average Bonchev–Trinajstić information content (AvgIpc) is 3.09. The highest BCUT2D eigenvalue weighted by atomic mass is 32.2. The number of nitrogens with two attached hydrogens (primary N) is 1. The van der Waals surface area contributed by atoms with Crippen LogP contribution in [-0.2, 0) is 10.5 Å². The molecule has 3 heterocycles. The molecule has 3 aromatic rings. The van der Waals surface area contributed by atoms with Crippen LogP contribution < -0.4 is 11.1 Å². The molecule has 2 atom stereocenters. The summed E-state index contributed by atoms with van der Waals surface area (Å²) in [5, 5.41) is 8.01. The van der Waals surface area contributed by atoms with Gasteiger partial charge in [0.05, 0.1) is 6.04 Å². The highest BCUT2D eigenvalue weighted by Gasteiger charge is 2.39. The summed E-state index contributed by atoms with van der Waals surface area (Å²) in [7, 11) is 0. The number of hydrogen-bond donors (Lipinski definition) is 2. The molecule has 142 valence electrons. The number of carbonyl (C=O) groups excluding carboxylic acids is 1. The molecule has 9 heteroatoms. The van der Waals surface area contributed by atoms with Crippen LogP contribution in [0.25, 0.3) is 0 Å². The lowest BCUT2D eigenvalue weighted by molar-refractivity contribution is -0.121. The van der Waals surface area contributed by atoms with Gasteiger partial charge in [-0.2, -0.15) is 4.98 Å². The number of nitrogens with one attached hydrogen (secondary N) is 1. The second-order valence-corrected chi connectivity index (χ2v) is 7.24. The summed E-state index contributed by atoms with van der Waals surface area (Å²) < 4.78 is 15.5. The zero-order valence-electron chi connectivity index (χ0n) is 14.7. The molecule has 0 saturated heterocycles. The number of nitrogens with zero attached hydrogens (tertiary/aromatic N) is 4. The highest BCUT2D eigenvalue weighted by molar-refractivity contribution is 7.98. The van der Waals surface area contributed by atoms with Crippen molar-refractivity contribution in [1.82, 2.24) is 19.7 Å². The lowest BCUT2D eigenvalue weighted by Gasteiger charge is -2.32. The van der Waals surface area contributed by atoms with Crippen LogP contribution in [0.5, 0.6) is 0 Å². The average molecular weight is 396 g/mol. The van der Waals surface area contributed by atoms with Gasteiger partial charge in [-0.05, 0) is 29.3 Å². The highest BCUT2D eigenvalue weighted by Crippen LogP contribution is 2.38. The Morgan fingerprint density at radius 1 is 1.29 bits per heavy atom. The van der Waals surface area contributed by atoms with Gasteiger partial charge in [-0.25, -0.2) is 9.07 Å². The van der Waals surface area contributed by atoms with Crippen molar-refractivity contribution in [2.45, 2.75) is 17.0 Å². The molecule has 0 unspecified atom stereocenters. The Labute approximate surface area is 164 Å². The Bertz CT molecular complexity index is 1040. The molecular weight excluding hydrogens is 379 g/mol. The summed E-state index contributed by atoms with van der Waals surface area (Å²) in [5.74, 6) is -0.632. The summed E-state index contributed by atoms with van der Waals surface area (Å²) in [6, 6.07) is 9.70. The number of fused-ring (bicyclic) bond motifs is 1. The van der Waals surface area contributed by atoms with E-state index in [1.165, 1.54) is 17.8 Å². The Morgan fingerprint density at radius 2 is 2.04 bits per heavy atom. The minimum absolute atomic E-state index is 0.270. The van der Waals surface area contributed by atoms with E-state index in [0.717, 1.165) is 5.56 Å². The third-order valence-corrected chi connectivity index (χ3v) is 5.39. The molecule has 0 spiro atoms. The topological polar surface area (TPSA) is 98.7 Å². The summed E-state index contributed by atoms with van der Waals surface area (Å²) in [4.78, 5) is 20.6. The van der Waals surface area contributed by atoms with Crippen LogP contribution in [0.1, 0.15) is 17.2 Å². The van der Waals surface area contributed by atoms with E-state index in [-0.39, 0.29) is 5.82 Å². The number of carbonyl (C=O) groups is 1. The number of thioether (sulfide) groups is 1. The fraction of sp³-hybridized carbons (Fsp3) is 0.158. The van der Waals surface area contributed by atoms with Gasteiger partial charge in [0.2, 0.25) is 17.0 Å². The molecule has 0 bridgehead atoms. The number of primary amides is 1. The largest absolute Gasteiger partial charge is 0.369 e. The van der Waals surface area contributed by atoms with Crippen molar-refractivity contribution in [2.24, 2.45) is 11.7 Å². The van der Waals surface area contributed by atoms with Gasteiger partial charge in [0.15, 0.2) is 0 Å². The van der Waals surface area contributed by atoms with Crippen molar-refractivity contribution in [3.63, 3.8) is 0 Å². The van der Waals surface area contributed by atoms with Crippen LogP contribution >= 0.6 is 11.8 Å². The first kappa shape index (κ1) is 18.2. The summed E-state index contributed by atoms with van der Waals surface area (Å²) in [5.41, 5.74) is 7.48. The third kappa shape index (κ3) is 3.36. The number of hydrogen-bond acceptors (Lipinski definition) is 6. The number of amides is 1. The fourth-order valence-corrected chi connectivity index (χ4v) is 3.99. The molecule has 7 nitrogen and oxygen atoms in total. The number of benzene rings is 1. The second kappa shape index (κ2) is 7.43. The number of aromatic nitrogens is 4. The standard InChI is InChI=1S/C19H17FN6OS/c1-11-15(17(21)27)16(12-6-8-22-9-7-12)26-18(23-11)24-19(25-26)28-10-13-4-2-3-5-14(13)20/h2-9,15-16H,1,10H2,(H2,21,27)(H,23,24,25)/t15-,16+/m0/s1. The van der Waals surface area contributed by atoms with Gasteiger partial charge in [0.25, 0.3) is 0 Å². The minimum atomic E-state index is -0.694. The van der Waals surface area contributed by atoms with Crippen LogP contribution in [0.15, 0.2) is 66.2 Å². The normalized spacial score (nSPS) is 18.4. The van der Waals surface area contributed by atoms with Crippen LogP contribution in [0.3, 0.4) is 0 Å². The SMILES string of the molecule is C=C1Nc2nc(SCc3ccccc3F)nn2[C@H](c2ccncc2)[C@H]1C(N)=O. The van der Waals surface area contributed by atoms with Crippen molar-refractivity contribution in [2.75, 3.05) is 5.32 Å². The minimum Gasteiger partial charge on any atom is -0.369 e. The van der Waals surface area contributed by atoms with E-state index in [2.05, 4.69) is 27.0 Å². The van der Waals surface area contributed by atoms with E-state index in [9.17, 15) is 9.18 Å². The summed E-state index contributed by atoms with van der Waals surface area (Å²) in [6.45, 7) is 3.94. The van der Waals surface area contributed by atoms with E-state index in [4.69, 9.17) is 5.73 Å². The molecule has 28 heavy (non-hydrogen) atoms. The first-order valence-electron chi connectivity index (χ1n) is 8.52. The molecule has 3 N–H and O–H groups in total. The van der Waals surface area contributed by atoms with Crippen molar-refractivity contribution in [1.29, 1.82) is 0 Å². The first-order valence-corrected chi connectivity index (χ1v) is 9.51. The Kier molecular flexibility index (Phi) is 4.82. The molecule has 0 radical (unpaired) electrons. The van der Waals surface area contributed by atoms with E-state index >= 15 is 0 Å². The number of anilines is 1. The van der Waals surface area contributed by atoms with Gasteiger partial charge in [-0.3, -0.25) is 9.78 Å². The third-order valence-electron chi connectivity index (χ3n) is 4.51. The zero-order valence-corrected chi connectivity index (χ0v) is 15.6. The van der Waals surface area contributed by atoms with Gasteiger partial charge in [0, 0.05) is 23.8 Å². The van der Waals surface area contributed by atoms with Gasteiger partial charge < -0.3 is 11.1 Å². The van der Waals surface area contributed by atoms with Crippen LogP contribution in [-0.4, -0.2) is 25.7 Å². The molecule has 0 fully saturated rings. The molecule has 1 amide bonds. The summed E-state index contributed by atoms with van der Waals surface area (Å²) in [6.07, 6.45) is 3.28. The first-order chi connectivity index (χ1) is 13.5. The predicted molar refractivity (Wildman–Crippen MR) is 104 cm³/mol. The van der Waals surface area contributed by atoms with Crippen LogP contribution in [0, 0.1) is 11.7 Å². The molecule has 1 aliphatic rings. The molecule has 2 aromatic heterocycles. The molecule has 4 rings (SSSR count). The van der Waals surface area contributed by atoms with Crippen LogP contribution in [0.2, 0.25) is 0 Å². The predicted octanol–water partition coefficient (Wildman–Crippen LogP) is 2.73. The summed E-state index contributed by atoms with van der Waals surface area (Å²) >= 11 is 1.31. The Balaban J connectivity index is 1.68. The quantitative estimate of drug-likeness (QED) is 0.644. The van der Waals surface area contributed by atoms with E-state index in [0.29, 0.717) is 28.1 Å². The molecule has 0 aliphatic carbocycles. The number of rotatable bonds is 5. The van der Waals surface area contributed by atoms with Gasteiger partial charge >= 0.3 is 0 Å². The number of halogens is 1. The van der Waals surface area contributed by atoms with E-state index in [1.807, 2.05) is 0 Å². The van der Waals surface area contributed by atoms with Gasteiger partial charge in [-0.1, -0.05) is 36.5 Å². The molecule has 1 aromatic carbocycles. The van der Waals surface area contributed by atoms with Crippen molar-refractivity contribution < 1.29 is 9.18 Å². The molecular formula is C19H17FN6OS. The van der Waals surface area contributed by atoms with Gasteiger partial charge in [0.1, 0.15) is 11.7 Å². The lowest BCUT2D eigenvalue weighted by atomic mass is 9.89. The fourth-order valence-electron chi connectivity index (χ4n) is 3.18. The van der Waals surface area contributed by atoms with Gasteiger partial charge in [-0.15, -0.1) is 5.10 Å². The second-order valence-electron chi connectivity index (χ2n) is 6.30. The van der Waals surface area contributed by atoms with Crippen LogP contribution in [0.4, 0.5) is 10.3 Å². The monoisotopic (exact) mass is 396 g/mol. The molecule has 0 saturated carbocycles. The van der Waals surface area contributed by atoms with Crippen molar-refractivity contribution >= 4 is 23.6 Å². The Hall–Kier alpha value is -3.20. The van der Waals surface area contributed by atoms with E-state index < -0.39 is 17.9 Å². The zero-order chi connectivity index (χ0) is 19.7. The maximum Gasteiger partial charge on any atom is 0.229 e. The van der Waals surface area contributed by atoms with Crippen molar-refractivity contribution in [3.8, 4) is 0 Å². The Morgan fingerprint density at radius 3 is 2.75 bits per heavy atom. The van der Waals surface area contributed by atoms with E-state index in [1.54, 1.807) is 47.4 Å². The maximum absolute atomic E-state index is 13.9. The maximum atomic E-state index is 13.9. The van der Waals surface area contributed by atoms with Crippen molar-refractivity contribution in [3.05, 3.63) is 78.0 Å². The smallest absolute Gasteiger partial charge is 0.229 e. The number of pyridine rings is 1. The molecule has 1 aliphatic heterocycles.